The number of esters is 1. The van der Waals surface area contributed by atoms with E-state index in [4.69, 9.17) is 33.2 Å². The second-order valence-electron chi connectivity index (χ2n) is 11.1. The Balaban J connectivity index is 1.83. The summed E-state index contributed by atoms with van der Waals surface area (Å²) in [7, 11) is 3.49. The quantitative estimate of drug-likeness (QED) is 0.212. The molecule has 2 unspecified atom stereocenters. The molecule has 9 heteroatoms. The molecular weight excluding hydrogens is 468 g/mol. The molecule has 1 aromatic rings. The SMILES string of the molecule is COCOc1cc(OC)cc(C2CC2C[C@H]2OC(C)(C)O[C@@H]2COC)c1C(=O)OCC[Si](C)(C)C. The molecule has 0 amide bonds. The highest BCUT2D eigenvalue weighted by Gasteiger charge is 2.48. The zero-order valence-electron chi connectivity index (χ0n) is 22.5. The molecule has 1 saturated heterocycles. The summed E-state index contributed by atoms with van der Waals surface area (Å²) in [6.07, 6.45) is 1.57. The first-order valence-corrected chi connectivity index (χ1v) is 16.0. The van der Waals surface area contributed by atoms with Crippen LogP contribution in [0.4, 0.5) is 0 Å². The molecule has 2 aliphatic rings. The Morgan fingerprint density at radius 1 is 1.09 bits per heavy atom. The average molecular weight is 511 g/mol. The number of methoxy groups -OCH3 is 3. The minimum atomic E-state index is -1.34. The predicted molar refractivity (Wildman–Crippen MR) is 135 cm³/mol. The molecule has 198 valence electrons. The van der Waals surface area contributed by atoms with Crippen molar-refractivity contribution in [1.82, 2.24) is 0 Å². The molecule has 8 nitrogen and oxygen atoms in total. The zero-order chi connectivity index (χ0) is 25.8. The molecule has 3 rings (SSSR count). The van der Waals surface area contributed by atoms with Crippen LogP contribution < -0.4 is 9.47 Å². The van der Waals surface area contributed by atoms with Gasteiger partial charge < -0.3 is 33.2 Å². The van der Waals surface area contributed by atoms with Gasteiger partial charge in [0, 0.05) is 28.4 Å². The third-order valence-electron chi connectivity index (χ3n) is 6.44. The molecule has 0 N–H and O–H groups in total. The first-order valence-electron chi connectivity index (χ1n) is 12.3. The van der Waals surface area contributed by atoms with E-state index in [2.05, 4.69) is 19.6 Å². The molecule has 0 bridgehead atoms. The van der Waals surface area contributed by atoms with Gasteiger partial charge in [0.1, 0.15) is 23.2 Å². The third kappa shape index (κ3) is 7.66. The summed E-state index contributed by atoms with van der Waals surface area (Å²) >= 11 is 0. The zero-order valence-corrected chi connectivity index (χ0v) is 23.5. The number of carbonyl (C=O) groups excluding carboxylic acids is 1. The molecule has 0 spiro atoms. The monoisotopic (exact) mass is 510 g/mol. The van der Waals surface area contributed by atoms with Crippen molar-refractivity contribution in [1.29, 1.82) is 0 Å². The smallest absolute Gasteiger partial charge is 0.342 e. The van der Waals surface area contributed by atoms with Crippen LogP contribution in [0.25, 0.3) is 0 Å². The maximum atomic E-state index is 13.3. The lowest BCUT2D eigenvalue weighted by Gasteiger charge is -2.19. The van der Waals surface area contributed by atoms with Crippen molar-refractivity contribution in [2.75, 3.05) is 41.3 Å². The van der Waals surface area contributed by atoms with Gasteiger partial charge in [-0.1, -0.05) is 19.6 Å². The summed E-state index contributed by atoms with van der Waals surface area (Å²) in [5.74, 6) is 0.563. The number of rotatable bonds is 13. The fraction of sp³-hybridized carbons (Fsp3) is 0.731. The van der Waals surface area contributed by atoms with E-state index in [0.29, 0.717) is 36.2 Å². The van der Waals surface area contributed by atoms with Gasteiger partial charge in [-0.3, -0.25) is 0 Å². The van der Waals surface area contributed by atoms with Crippen molar-refractivity contribution in [3.8, 4) is 11.5 Å². The van der Waals surface area contributed by atoms with Gasteiger partial charge >= 0.3 is 5.97 Å². The Morgan fingerprint density at radius 3 is 2.43 bits per heavy atom. The molecule has 1 aliphatic heterocycles. The van der Waals surface area contributed by atoms with Gasteiger partial charge in [0.15, 0.2) is 12.6 Å². The van der Waals surface area contributed by atoms with Crippen LogP contribution in [0, 0.1) is 5.92 Å². The Hall–Kier alpha value is -1.65. The van der Waals surface area contributed by atoms with Crippen molar-refractivity contribution in [2.45, 2.75) is 76.3 Å². The van der Waals surface area contributed by atoms with Crippen LogP contribution in [0.1, 0.15) is 48.5 Å². The highest BCUT2D eigenvalue weighted by molar-refractivity contribution is 6.76. The van der Waals surface area contributed by atoms with Crippen LogP contribution in [0.3, 0.4) is 0 Å². The third-order valence-corrected chi connectivity index (χ3v) is 8.14. The van der Waals surface area contributed by atoms with Gasteiger partial charge in [-0.05, 0) is 56.2 Å². The topological polar surface area (TPSA) is 81.7 Å². The summed E-state index contributed by atoms with van der Waals surface area (Å²) in [6.45, 7) is 11.5. The van der Waals surface area contributed by atoms with E-state index < -0.39 is 13.9 Å². The lowest BCUT2D eigenvalue weighted by atomic mass is 9.98. The van der Waals surface area contributed by atoms with E-state index in [9.17, 15) is 4.79 Å². The largest absolute Gasteiger partial charge is 0.497 e. The van der Waals surface area contributed by atoms with Gasteiger partial charge in [0.2, 0.25) is 0 Å². The van der Waals surface area contributed by atoms with Crippen molar-refractivity contribution in [3.63, 3.8) is 0 Å². The first-order chi connectivity index (χ1) is 16.5. The van der Waals surface area contributed by atoms with E-state index in [-0.39, 0.29) is 30.9 Å². The second kappa shape index (κ2) is 11.6. The van der Waals surface area contributed by atoms with Gasteiger partial charge in [-0.2, -0.15) is 0 Å². The summed E-state index contributed by atoms with van der Waals surface area (Å²) in [5.41, 5.74) is 1.35. The van der Waals surface area contributed by atoms with Crippen molar-refractivity contribution >= 4 is 14.0 Å². The Bertz CT molecular complexity index is 866. The molecule has 1 aliphatic carbocycles. The molecular formula is C26H42O8Si. The first kappa shape index (κ1) is 27.9. The molecule has 1 saturated carbocycles. The van der Waals surface area contributed by atoms with Crippen LogP contribution in [0.2, 0.25) is 25.7 Å². The molecule has 0 aromatic heterocycles. The van der Waals surface area contributed by atoms with Crippen LogP contribution in [-0.4, -0.2) is 73.4 Å². The molecule has 1 heterocycles. The fourth-order valence-corrected chi connectivity index (χ4v) is 5.31. The fourth-order valence-electron chi connectivity index (χ4n) is 4.60. The Labute approximate surface area is 210 Å². The minimum Gasteiger partial charge on any atom is -0.497 e. The van der Waals surface area contributed by atoms with E-state index in [0.717, 1.165) is 24.4 Å². The Morgan fingerprint density at radius 2 is 1.80 bits per heavy atom. The average Bonchev–Trinajstić information content (AvgIpc) is 3.47. The van der Waals surface area contributed by atoms with Crippen LogP contribution >= 0.6 is 0 Å². The standard InChI is InChI=1S/C26H42O8Si/c1-26(2)33-21(23(34-26)15-28-3)12-17-11-19(17)20-13-18(30-5)14-22(32-16-29-4)24(20)25(27)31-9-10-35(6,7)8/h13-14,17,19,21,23H,9-12,15-16H2,1-8H3/t17?,19?,21-,23-/m1/s1. The van der Waals surface area contributed by atoms with Crippen LogP contribution in [0.5, 0.6) is 11.5 Å². The molecule has 0 radical (unpaired) electrons. The number of ether oxygens (including phenoxy) is 7. The van der Waals surface area contributed by atoms with E-state index in [1.807, 2.05) is 19.9 Å². The Kier molecular flexibility index (Phi) is 9.26. The molecule has 2 fully saturated rings. The van der Waals surface area contributed by atoms with Crippen LogP contribution in [-0.2, 0) is 23.7 Å². The molecule has 35 heavy (non-hydrogen) atoms. The number of carbonyl (C=O) groups is 1. The second-order valence-corrected chi connectivity index (χ2v) is 16.7. The lowest BCUT2D eigenvalue weighted by Crippen LogP contribution is -2.27. The molecule has 4 atom stereocenters. The van der Waals surface area contributed by atoms with Crippen molar-refractivity contribution < 1.29 is 38.0 Å². The minimum absolute atomic E-state index is 0.0247. The lowest BCUT2D eigenvalue weighted by molar-refractivity contribution is -0.150. The number of hydrogen-bond acceptors (Lipinski definition) is 8. The van der Waals surface area contributed by atoms with Crippen molar-refractivity contribution in [3.05, 3.63) is 23.3 Å². The normalized spacial score (nSPS) is 25.4. The maximum Gasteiger partial charge on any atom is 0.342 e. The van der Waals surface area contributed by atoms with Gasteiger partial charge in [-0.15, -0.1) is 0 Å². The predicted octanol–water partition coefficient (Wildman–Crippen LogP) is 4.83. The van der Waals surface area contributed by atoms with Gasteiger partial charge in [0.25, 0.3) is 0 Å². The van der Waals surface area contributed by atoms with E-state index in [1.165, 1.54) is 0 Å². The summed E-state index contributed by atoms with van der Waals surface area (Å²) in [4.78, 5) is 13.3. The maximum absolute atomic E-state index is 13.3. The summed E-state index contributed by atoms with van der Waals surface area (Å²) in [6, 6.07) is 4.56. The van der Waals surface area contributed by atoms with Gasteiger partial charge in [0.05, 0.1) is 26.4 Å². The van der Waals surface area contributed by atoms with E-state index >= 15 is 0 Å². The summed E-state index contributed by atoms with van der Waals surface area (Å²) < 4.78 is 39.7. The van der Waals surface area contributed by atoms with Gasteiger partial charge in [-0.25, -0.2) is 4.79 Å². The molecule has 1 aromatic carbocycles. The summed E-state index contributed by atoms with van der Waals surface area (Å²) in [5, 5.41) is 0. The number of benzene rings is 1. The number of hydrogen-bond donors (Lipinski definition) is 0. The highest BCUT2D eigenvalue weighted by atomic mass is 28.3. The van der Waals surface area contributed by atoms with Crippen LogP contribution in [0.15, 0.2) is 12.1 Å². The highest BCUT2D eigenvalue weighted by Crippen LogP contribution is 2.54. The van der Waals surface area contributed by atoms with Crippen molar-refractivity contribution in [2.24, 2.45) is 5.92 Å². The van der Waals surface area contributed by atoms with E-state index in [1.54, 1.807) is 27.4 Å².